The SMILES string of the molecule is CCC(C)(N)C(=O)N(CC(F)(F)F)C(C)C. The minimum absolute atomic E-state index is 0.299. The maximum Gasteiger partial charge on any atom is 0.406 e. The summed E-state index contributed by atoms with van der Waals surface area (Å²) in [7, 11) is 0. The lowest BCUT2D eigenvalue weighted by molar-refractivity contribution is -0.167. The summed E-state index contributed by atoms with van der Waals surface area (Å²) in [4.78, 5) is 12.6. The molecule has 0 heterocycles. The van der Waals surface area contributed by atoms with Crippen molar-refractivity contribution in [2.45, 2.75) is 51.9 Å². The van der Waals surface area contributed by atoms with Gasteiger partial charge in [-0.1, -0.05) is 6.92 Å². The van der Waals surface area contributed by atoms with E-state index in [1.54, 1.807) is 6.92 Å². The van der Waals surface area contributed by atoms with Crippen LogP contribution >= 0.6 is 0 Å². The fraction of sp³-hybridized carbons (Fsp3) is 0.900. The summed E-state index contributed by atoms with van der Waals surface area (Å²) in [6.45, 7) is 4.94. The Morgan fingerprint density at radius 1 is 1.38 bits per heavy atom. The van der Waals surface area contributed by atoms with Crippen LogP contribution in [-0.2, 0) is 4.79 Å². The Morgan fingerprint density at radius 3 is 2.06 bits per heavy atom. The van der Waals surface area contributed by atoms with Crippen molar-refractivity contribution in [1.29, 1.82) is 0 Å². The van der Waals surface area contributed by atoms with Crippen LogP contribution in [0.4, 0.5) is 13.2 Å². The van der Waals surface area contributed by atoms with Gasteiger partial charge in [-0.2, -0.15) is 13.2 Å². The second kappa shape index (κ2) is 5.03. The summed E-state index contributed by atoms with van der Waals surface area (Å²) in [6, 6.07) is -0.524. The standard InChI is InChI=1S/C10H19F3N2O/c1-5-9(4,14)8(16)15(7(2)3)6-10(11,12)13/h7H,5-6,14H2,1-4H3. The predicted octanol–water partition coefficient (Wildman–Crippen LogP) is 1.91. The number of alkyl halides is 3. The van der Waals surface area contributed by atoms with Crippen molar-refractivity contribution in [2.24, 2.45) is 5.73 Å². The minimum atomic E-state index is -4.40. The van der Waals surface area contributed by atoms with Crippen LogP contribution in [0.15, 0.2) is 0 Å². The van der Waals surface area contributed by atoms with E-state index in [0.29, 0.717) is 6.42 Å². The molecule has 0 spiro atoms. The number of nitrogens with zero attached hydrogens (tertiary/aromatic N) is 1. The summed E-state index contributed by atoms with van der Waals surface area (Å²) in [5.41, 5.74) is 4.42. The highest BCUT2D eigenvalue weighted by Crippen LogP contribution is 2.21. The normalized spacial score (nSPS) is 16.1. The van der Waals surface area contributed by atoms with E-state index in [0.717, 1.165) is 4.90 Å². The Kier molecular flexibility index (Phi) is 4.79. The van der Waals surface area contributed by atoms with Crippen LogP contribution in [0.3, 0.4) is 0 Å². The molecule has 96 valence electrons. The average Bonchev–Trinajstić information content (AvgIpc) is 2.11. The molecular weight excluding hydrogens is 221 g/mol. The molecule has 1 unspecified atom stereocenters. The second-order valence-electron chi connectivity index (χ2n) is 4.41. The summed E-state index contributed by atoms with van der Waals surface area (Å²) < 4.78 is 36.9. The van der Waals surface area contributed by atoms with Gasteiger partial charge in [0, 0.05) is 6.04 Å². The molecule has 0 aliphatic heterocycles. The van der Waals surface area contributed by atoms with Crippen molar-refractivity contribution in [3.63, 3.8) is 0 Å². The molecule has 0 bridgehead atoms. The highest BCUT2D eigenvalue weighted by Gasteiger charge is 2.39. The van der Waals surface area contributed by atoms with Gasteiger partial charge in [-0.3, -0.25) is 4.79 Å². The fourth-order valence-electron chi connectivity index (χ4n) is 1.16. The maximum absolute atomic E-state index is 12.3. The first-order valence-corrected chi connectivity index (χ1v) is 5.18. The topological polar surface area (TPSA) is 46.3 Å². The summed E-state index contributed by atoms with van der Waals surface area (Å²) in [5, 5.41) is 0. The Hall–Kier alpha value is -0.780. The van der Waals surface area contributed by atoms with E-state index < -0.39 is 30.2 Å². The first-order chi connectivity index (χ1) is 7.01. The quantitative estimate of drug-likeness (QED) is 0.816. The molecule has 0 aliphatic rings. The van der Waals surface area contributed by atoms with Gasteiger partial charge in [-0.15, -0.1) is 0 Å². The van der Waals surface area contributed by atoms with Gasteiger partial charge in [0.2, 0.25) is 5.91 Å². The van der Waals surface area contributed by atoms with Crippen molar-refractivity contribution in [3.8, 4) is 0 Å². The number of carbonyl (C=O) groups excluding carboxylic acids is 1. The van der Waals surface area contributed by atoms with Crippen molar-refractivity contribution in [1.82, 2.24) is 4.90 Å². The zero-order valence-electron chi connectivity index (χ0n) is 10.1. The first-order valence-electron chi connectivity index (χ1n) is 5.18. The third-order valence-electron chi connectivity index (χ3n) is 2.46. The van der Waals surface area contributed by atoms with Crippen LogP contribution in [0.25, 0.3) is 0 Å². The van der Waals surface area contributed by atoms with Gasteiger partial charge in [0.25, 0.3) is 0 Å². The van der Waals surface area contributed by atoms with Crippen LogP contribution in [0.1, 0.15) is 34.1 Å². The van der Waals surface area contributed by atoms with Gasteiger partial charge < -0.3 is 10.6 Å². The van der Waals surface area contributed by atoms with E-state index in [1.165, 1.54) is 20.8 Å². The molecule has 6 heteroatoms. The Bertz CT molecular complexity index is 249. The number of nitrogens with two attached hydrogens (primary N) is 1. The molecule has 2 N–H and O–H groups in total. The number of amides is 1. The summed E-state index contributed by atoms with van der Waals surface area (Å²) in [6.07, 6.45) is -4.10. The van der Waals surface area contributed by atoms with E-state index in [4.69, 9.17) is 5.73 Å². The zero-order valence-corrected chi connectivity index (χ0v) is 10.1. The molecule has 0 aromatic rings. The fourth-order valence-corrected chi connectivity index (χ4v) is 1.16. The Morgan fingerprint density at radius 2 is 1.81 bits per heavy atom. The van der Waals surface area contributed by atoms with E-state index >= 15 is 0 Å². The van der Waals surface area contributed by atoms with Crippen molar-refractivity contribution in [3.05, 3.63) is 0 Å². The smallest absolute Gasteiger partial charge is 0.330 e. The molecule has 1 amide bonds. The molecule has 3 nitrogen and oxygen atoms in total. The second-order valence-corrected chi connectivity index (χ2v) is 4.41. The molecular formula is C10H19F3N2O. The van der Waals surface area contributed by atoms with E-state index in [-0.39, 0.29) is 0 Å². The van der Waals surface area contributed by atoms with Crippen LogP contribution in [0.2, 0.25) is 0 Å². The molecule has 0 aromatic carbocycles. The summed E-state index contributed by atoms with van der Waals surface area (Å²) >= 11 is 0. The Labute approximate surface area is 93.8 Å². The molecule has 16 heavy (non-hydrogen) atoms. The zero-order chi connectivity index (χ0) is 13.1. The van der Waals surface area contributed by atoms with Gasteiger partial charge in [0.05, 0.1) is 5.54 Å². The highest BCUT2D eigenvalue weighted by atomic mass is 19.4. The number of rotatable bonds is 4. The third-order valence-corrected chi connectivity index (χ3v) is 2.46. The predicted molar refractivity (Wildman–Crippen MR) is 55.8 cm³/mol. The van der Waals surface area contributed by atoms with Gasteiger partial charge in [-0.05, 0) is 27.2 Å². The molecule has 0 aromatic heterocycles. The monoisotopic (exact) mass is 240 g/mol. The van der Waals surface area contributed by atoms with Crippen LogP contribution in [0.5, 0.6) is 0 Å². The minimum Gasteiger partial charge on any atom is -0.330 e. The number of carbonyl (C=O) groups is 1. The first kappa shape index (κ1) is 15.2. The lowest BCUT2D eigenvalue weighted by atomic mass is 9.98. The molecule has 0 radical (unpaired) electrons. The van der Waals surface area contributed by atoms with E-state index in [1.807, 2.05) is 0 Å². The molecule has 0 fully saturated rings. The van der Waals surface area contributed by atoms with E-state index in [9.17, 15) is 18.0 Å². The molecule has 0 aliphatic carbocycles. The summed E-state index contributed by atoms with van der Waals surface area (Å²) in [5.74, 6) is -0.665. The van der Waals surface area contributed by atoms with Crippen molar-refractivity contribution in [2.75, 3.05) is 6.54 Å². The van der Waals surface area contributed by atoms with Gasteiger partial charge in [0.15, 0.2) is 0 Å². The van der Waals surface area contributed by atoms with Crippen molar-refractivity contribution >= 4 is 5.91 Å². The molecule has 0 saturated carbocycles. The van der Waals surface area contributed by atoms with E-state index in [2.05, 4.69) is 0 Å². The lowest BCUT2D eigenvalue weighted by Gasteiger charge is -2.34. The molecule has 0 rings (SSSR count). The number of halogens is 3. The number of hydrogen-bond donors (Lipinski definition) is 1. The van der Waals surface area contributed by atoms with Gasteiger partial charge >= 0.3 is 6.18 Å². The van der Waals surface area contributed by atoms with Crippen LogP contribution < -0.4 is 5.73 Å². The average molecular weight is 240 g/mol. The van der Waals surface area contributed by atoms with Crippen LogP contribution in [0, 0.1) is 0 Å². The third kappa shape index (κ3) is 4.38. The number of hydrogen-bond acceptors (Lipinski definition) is 2. The molecule has 0 saturated heterocycles. The highest BCUT2D eigenvalue weighted by molar-refractivity contribution is 5.85. The van der Waals surface area contributed by atoms with Gasteiger partial charge in [0.1, 0.15) is 6.54 Å². The lowest BCUT2D eigenvalue weighted by Crippen LogP contribution is -2.56. The largest absolute Gasteiger partial charge is 0.406 e. The Balaban J connectivity index is 4.88. The van der Waals surface area contributed by atoms with Gasteiger partial charge in [-0.25, -0.2) is 0 Å². The van der Waals surface area contributed by atoms with Crippen molar-refractivity contribution < 1.29 is 18.0 Å². The molecule has 1 atom stereocenters. The maximum atomic E-state index is 12.3. The van der Waals surface area contributed by atoms with Crippen LogP contribution in [-0.4, -0.2) is 35.1 Å².